The summed E-state index contributed by atoms with van der Waals surface area (Å²) in [7, 11) is 1.30. The minimum atomic E-state index is -0.734. The summed E-state index contributed by atoms with van der Waals surface area (Å²) >= 11 is 6.20. The molecule has 0 unspecified atom stereocenters. The highest BCUT2D eigenvalue weighted by molar-refractivity contribution is 6.33. The van der Waals surface area contributed by atoms with Gasteiger partial charge in [0.1, 0.15) is 5.76 Å². The van der Waals surface area contributed by atoms with Crippen LogP contribution in [0, 0.1) is 17.1 Å². The Morgan fingerprint density at radius 3 is 2.89 bits per heavy atom. The first-order valence-corrected chi connectivity index (χ1v) is 10.6. The molecular weight excluding hydrogens is 477 g/mol. The summed E-state index contributed by atoms with van der Waals surface area (Å²) in [6.07, 6.45) is 7.23. The van der Waals surface area contributed by atoms with Gasteiger partial charge >= 0.3 is 11.2 Å². The Bertz CT molecular complexity index is 1610. The third-order valence-electron chi connectivity index (χ3n) is 5.02. The number of pyridine rings is 1. The summed E-state index contributed by atoms with van der Waals surface area (Å²) in [6.45, 7) is 0.0123. The molecule has 0 atom stereocenters. The second-order valence-corrected chi connectivity index (χ2v) is 7.58. The van der Waals surface area contributed by atoms with Crippen molar-refractivity contribution in [2.45, 2.75) is 13.0 Å². The van der Waals surface area contributed by atoms with Crippen LogP contribution in [-0.2, 0) is 6.54 Å². The van der Waals surface area contributed by atoms with E-state index in [1.807, 2.05) is 6.07 Å². The van der Waals surface area contributed by atoms with E-state index in [0.717, 1.165) is 16.2 Å². The fraction of sp³-hybridized carbons (Fsp3) is 0.125. The minimum absolute atomic E-state index is 0.0123. The Morgan fingerprint density at radius 2 is 2.17 bits per heavy atom. The fourth-order valence-electron chi connectivity index (χ4n) is 3.37. The maximum Gasteiger partial charge on any atom is 0.335 e. The summed E-state index contributed by atoms with van der Waals surface area (Å²) in [6, 6.07) is 9.35. The molecule has 176 valence electrons. The van der Waals surface area contributed by atoms with Gasteiger partial charge in [0.2, 0.25) is 5.58 Å². The van der Waals surface area contributed by atoms with E-state index in [9.17, 15) is 14.0 Å². The Kier molecular flexibility index (Phi) is 6.89. The van der Waals surface area contributed by atoms with Crippen molar-refractivity contribution in [3.63, 3.8) is 0 Å². The number of methoxy groups -OCH3 is 1. The van der Waals surface area contributed by atoms with E-state index in [2.05, 4.69) is 9.98 Å². The number of hydrogen-bond acceptors (Lipinski definition) is 7. The van der Waals surface area contributed by atoms with Crippen LogP contribution in [0.2, 0.25) is 5.02 Å². The SMILES string of the molecule is COc1cc(-c2cc3c(o2)c(=O)n(/C=C/N=Cc2cccnc2)c(=O)n3CCC#N)c(Cl)cc1F. The number of aryl methyl sites for hydroxylation is 1. The number of aliphatic imine (C=N–C) groups is 1. The van der Waals surface area contributed by atoms with Crippen LogP contribution in [0.5, 0.6) is 5.75 Å². The predicted molar refractivity (Wildman–Crippen MR) is 129 cm³/mol. The number of nitriles is 1. The van der Waals surface area contributed by atoms with Crippen molar-refractivity contribution in [3.05, 3.63) is 86.2 Å². The number of aromatic nitrogens is 3. The zero-order valence-electron chi connectivity index (χ0n) is 18.3. The highest BCUT2D eigenvalue weighted by atomic mass is 35.5. The van der Waals surface area contributed by atoms with E-state index in [0.29, 0.717) is 0 Å². The van der Waals surface area contributed by atoms with Crippen molar-refractivity contribution in [1.29, 1.82) is 5.26 Å². The van der Waals surface area contributed by atoms with Crippen LogP contribution in [0.3, 0.4) is 0 Å². The lowest BCUT2D eigenvalue weighted by molar-refractivity contribution is 0.386. The lowest BCUT2D eigenvalue weighted by atomic mass is 10.1. The van der Waals surface area contributed by atoms with Gasteiger partial charge in [-0.15, -0.1) is 0 Å². The van der Waals surface area contributed by atoms with Crippen molar-refractivity contribution in [2.24, 2.45) is 4.99 Å². The molecule has 0 fully saturated rings. The van der Waals surface area contributed by atoms with E-state index >= 15 is 0 Å². The van der Waals surface area contributed by atoms with Crippen molar-refractivity contribution < 1.29 is 13.5 Å². The zero-order chi connectivity index (χ0) is 24.9. The van der Waals surface area contributed by atoms with Crippen molar-refractivity contribution in [3.8, 4) is 23.1 Å². The third kappa shape index (κ3) is 4.76. The van der Waals surface area contributed by atoms with Crippen LogP contribution in [0.4, 0.5) is 4.39 Å². The van der Waals surface area contributed by atoms with Crippen molar-refractivity contribution in [1.82, 2.24) is 14.1 Å². The van der Waals surface area contributed by atoms with Crippen LogP contribution < -0.4 is 16.0 Å². The Labute approximate surface area is 202 Å². The average Bonchev–Trinajstić information content (AvgIpc) is 3.29. The molecule has 0 amide bonds. The summed E-state index contributed by atoms with van der Waals surface area (Å²) in [5.41, 5.74) is -0.384. The fourth-order valence-corrected chi connectivity index (χ4v) is 3.61. The highest BCUT2D eigenvalue weighted by Gasteiger charge is 2.20. The van der Waals surface area contributed by atoms with Gasteiger partial charge in [0, 0.05) is 54.7 Å². The van der Waals surface area contributed by atoms with E-state index in [4.69, 9.17) is 26.0 Å². The van der Waals surface area contributed by atoms with Gasteiger partial charge in [-0.3, -0.25) is 19.3 Å². The van der Waals surface area contributed by atoms with Crippen LogP contribution >= 0.6 is 11.6 Å². The van der Waals surface area contributed by atoms with Crippen LogP contribution in [0.15, 0.2) is 67.9 Å². The quantitative estimate of drug-likeness (QED) is 0.358. The molecule has 0 saturated carbocycles. The van der Waals surface area contributed by atoms with Gasteiger partial charge in [0.25, 0.3) is 0 Å². The number of fused-ring (bicyclic) bond motifs is 1. The number of rotatable bonds is 7. The van der Waals surface area contributed by atoms with E-state index in [-0.39, 0.29) is 46.2 Å². The smallest absolute Gasteiger partial charge is 0.335 e. The zero-order valence-corrected chi connectivity index (χ0v) is 19.1. The molecular formula is C24H17ClFN5O4. The minimum Gasteiger partial charge on any atom is -0.494 e. The topological polar surface area (TPSA) is 115 Å². The molecule has 9 nitrogen and oxygen atoms in total. The largest absolute Gasteiger partial charge is 0.494 e. The highest BCUT2D eigenvalue weighted by Crippen LogP contribution is 2.35. The van der Waals surface area contributed by atoms with Gasteiger partial charge in [-0.25, -0.2) is 13.8 Å². The number of furan rings is 1. The number of nitrogens with zero attached hydrogens (tertiary/aromatic N) is 5. The number of hydrogen-bond donors (Lipinski definition) is 0. The molecule has 3 aromatic heterocycles. The van der Waals surface area contributed by atoms with Gasteiger partial charge in [-0.2, -0.15) is 5.26 Å². The number of halogens is 2. The summed E-state index contributed by atoms with van der Waals surface area (Å²) in [5.74, 6) is -0.608. The van der Waals surface area contributed by atoms with Crippen molar-refractivity contribution >= 4 is 35.1 Å². The molecule has 0 N–H and O–H groups in total. The maximum atomic E-state index is 14.0. The average molecular weight is 494 g/mol. The first-order chi connectivity index (χ1) is 16.9. The number of benzene rings is 1. The normalized spacial score (nSPS) is 11.5. The number of ether oxygens (including phenoxy) is 1. The lowest BCUT2D eigenvalue weighted by Crippen LogP contribution is -2.37. The molecule has 3 heterocycles. The molecule has 0 saturated heterocycles. The Morgan fingerprint density at radius 1 is 1.34 bits per heavy atom. The molecule has 4 rings (SSSR count). The predicted octanol–water partition coefficient (Wildman–Crippen LogP) is 4.08. The standard InChI is InChI=1S/C24H17ClFN5O4/c1-34-21-10-16(17(25)11-18(21)26)20-12-19-22(35-20)23(32)31(24(33)30(19)8-3-5-27)9-7-29-14-15-4-2-6-28-13-15/h2,4,6-7,9-14H,3,8H2,1H3/b9-7+,29-14?. The Balaban J connectivity index is 1.85. The molecule has 0 aliphatic heterocycles. The lowest BCUT2D eigenvalue weighted by Gasteiger charge is -2.06. The van der Waals surface area contributed by atoms with Gasteiger partial charge in [0.05, 0.1) is 30.1 Å². The molecule has 0 aliphatic rings. The summed E-state index contributed by atoms with van der Waals surface area (Å²) < 4.78 is 26.9. The molecule has 1 aromatic carbocycles. The molecule has 35 heavy (non-hydrogen) atoms. The molecule has 0 aliphatic carbocycles. The van der Waals surface area contributed by atoms with Crippen LogP contribution in [0.1, 0.15) is 12.0 Å². The first-order valence-electron chi connectivity index (χ1n) is 10.2. The molecule has 0 spiro atoms. The van der Waals surface area contributed by atoms with Gasteiger partial charge < -0.3 is 9.15 Å². The second-order valence-electron chi connectivity index (χ2n) is 7.17. The Hall–Kier alpha value is -4.49. The monoisotopic (exact) mass is 493 g/mol. The van der Waals surface area contributed by atoms with Crippen LogP contribution in [-0.4, -0.2) is 27.4 Å². The van der Waals surface area contributed by atoms with E-state index < -0.39 is 17.1 Å². The summed E-state index contributed by atoms with van der Waals surface area (Å²) in [4.78, 5) is 34.3. The van der Waals surface area contributed by atoms with E-state index in [1.165, 1.54) is 42.4 Å². The van der Waals surface area contributed by atoms with Crippen LogP contribution in [0.25, 0.3) is 28.6 Å². The van der Waals surface area contributed by atoms with Gasteiger partial charge in [0.15, 0.2) is 11.6 Å². The molecule has 11 heteroatoms. The molecule has 0 bridgehead atoms. The van der Waals surface area contributed by atoms with Gasteiger partial charge in [-0.05, 0) is 18.2 Å². The van der Waals surface area contributed by atoms with Gasteiger partial charge in [-0.1, -0.05) is 17.7 Å². The van der Waals surface area contributed by atoms with E-state index in [1.54, 1.807) is 24.5 Å². The molecule has 4 aromatic rings. The maximum absolute atomic E-state index is 14.0. The second kappa shape index (κ2) is 10.2. The third-order valence-corrected chi connectivity index (χ3v) is 5.33. The first kappa shape index (κ1) is 23.7. The summed E-state index contributed by atoms with van der Waals surface area (Å²) in [5, 5.41) is 9.06. The van der Waals surface area contributed by atoms with Crippen molar-refractivity contribution in [2.75, 3.05) is 7.11 Å². The molecule has 0 radical (unpaired) electrons.